The predicted octanol–water partition coefficient (Wildman–Crippen LogP) is 1.42. The van der Waals surface area contributed by atoms with Gasteiger partial charge in [0.15, 0.2) is 5.84 Å². The Bertz CT molecular complexity index is 480. The van der Waals surface area contributed by atoms with E-state index in [1.54, 1.807) is 6.07 Å². The Kier molecular flexibility index (Phi) is 5.15. The van der Waals surface area contributed by atoms with Gasteiger partial charge in [-0.05, 0) is 30.2 Å². The average molecular weight is 249 g/mol. The van der Waals surface area contributed by atoms with Gasteiger partial charge in [0.25, 0.3) is 0 Å². The molecule has 0 heterocycles. The molecular weight excluding hydrogens is 233 g/mol. The average Bonchev–Trinajstić information content (AvgIpc) is 2.38. The van der Waals surface area contributed by atoms with E-state index in [4.69, 9.17) is 17.4 Å². The van der Waals surface area contributed by atoms with Gasteiger partial charge in [-0.1, -0.05) is 18.0 Å². The van der Waals surface area contributed by atoms with Crippen LogP contribution in [0.2, 0.25) is 0 Å². The Morgan fingerprint density at radius 3 is 2.89 bits per heavy atom. The van der Waals surface area contributed by atoms with Gasteiger partial charge in [-0.3, -0.25) is 5.32 Å². The number of terminal acetylenes is 1. The SMILES string of the molecule is C#CC(CC)NCc1cc(F)cc(/C(N)=N/O)c1. The van der Waals surface area contributed by atoms with Gasteiger partial charge in [0, 0.05) is 12.1 Å². The van der Waals surface area contributed by atoms with Gasteiger partial charge in [0.1, 0.15) is 5.82 Å². The van der Waals surface area contributed by atoms with Crippen LogP contribution >= 0.6 is 0 Å². The van der Waals surface area contributed by atoms with E-state index >= 15 is 0 Å². The second-order valence-electron chi connectivity index (χ2n) is 3.84. The van der Waals surface area contributed by atoms with E-state index in [0.29, 0.717) is 17.7 Å². The van der Waals surface area contributed by atoms with Crippen LogP contribution in [0.3, 0.4) is 0 Å². The third-order valence-corrected chi connectivity index (χ3v) is 2.52. The molecule has 0 radical (unpaired) electrons. The lowest BCUT2D eigenvalue weighted by molar-refractivity contribution is 0.318. The van der Waals surface area contributed by atoms with E-state index in [9.17, 15) is 4.39 Å². The maximum absolute atomic E-state index is 13.4. The molecule has 0 spiro atoms. The number of amidine groups is 1. The van der Waals surface area contributed by atoms with Gasteiger partial charge in [-0.15, -0.1) is 6.42 Å². The number of oxime groups is 1. The van der Waals surface area contributed by atoms with E-state index in [1.807, 2.05) is 6.92 Å². The zero-order chi connectivity index (χ0) is 13.5. The minimum Gasteiger partial charge on any atom is -0.409 e. The smallest absolute Gasteiger partial charge is 0.170 e. The molecule has 1 unspecified atom stereocenters. The van der Waals surface area contributed by atoms with Crippen LogP contribution in [0, 0.1) is 18.2 Å². The van der Waals surface area contributed by atoms with E-state index in [2.05, 4.69) is 16.4 Å². The normalized spacial score (nSPS) is 13.1. The van der Waals surface area contributed by atoms with Crippen molar-refractivity contribution >= 4 is 5.84 Å². The summed E-state index contributed by atoms with van der Waals surface area (Å²) in [5.74, 6) is 2.03. The second-order valence-corrected chi connectivity index (χ2v) is 3.84. The van der Waals surface area contributed by atoms with Gasteiger partial charge in [0.2, 0.25) is 0 Å². The molecule has 5 heteroatoms. The highest BCUT2D eigenvalue weighted by atomic mass is 19.1. The summed E-state index contributed by atoms with van der Waals surface area (Å²) in [6.07, 6.45) is 6.11. The second kappa shape index (κ2) is 6.62. The third kappa shape index (κ3) is 3.75. The number of hydrogen-bond donors (Lipinski definition) is 3. The lowest BCUT2D eigenvalue weighted by Gasteiger charge is -2.11. The molecule has 0 aliphatic heterocycles. The molecule has 1 atom stereocenters. The standard InChI is InChI=1S/C13H16FN3O/c1-3-12(4-2)16-8-9-5-10(13(15)17-18)7-11(14)6-9/h1,5-7,12,16,18H,4,8H2,2H3,(H2,15,17). The van der Waals surface area contributed by atoms with Crippen molar-refractivity contribution < 1.29 is 9.60 Å². The molecule has 4 nitrogen and oxygen atoms in total. The summed E-state index contributed by atoms with van der Waals surface area (Å²) in [7, 11) is 0. The molecule has 0 saturated heterocycles. The molecule has 96 valence electrons. The summed E-state index contributed by atoms with van der Waals surface area (Å²) >= 11 is 0. The van der Waals surface area contributed by atoms with Crippen molar-refractivity contribution in [2.45, 2.75) is 25.9 Å². The van der Waals surface area contributed by atoms with E-state index < -0.39 is 5.82 Å². The summed E-state index contributed by atoms with van der Waals surface area (Å²) in [5.41, 5.74) is 6.44. The van der Waals surface area contributed by atoms with Crippen molar-refractivity contribution in [1.29, 1.82) is 0 Å². The number of rotatable bonds is 5. The number of halogens is 1. The van der Waals surface area contributed by atoms with Crippen LogP contribution in [0.25, 0.3) is 0 Å². The zero-order valence-corrected chi connectivity index (χ0v) is 10.2. The molecule has 18 heavy (non-hydrogen) atoms. The number of nitrogens with one attached hydrogen (secondary N) is 1. The van der Waals surface area contributed by atoms with E-state index in [-0.39, 0.29) is 11.9 Å². The Morgan fingerprint density at radius 2 is 2.33 bits per heavy atom. The molecule has 1 aromatic carbocycles. The summed E-state index contributed by atoms with van der Waals surface area (Å²) in [6.45, 7) is 2.39. The largest absolute Gasteiger partial charge is 0.409 e. The lowest BCUT2D eigenvalue weighted by Crippen LogP contribution is -2.26. The molecule has 0 fully saturated rings. The van der Waals surface area contributed by atoms with Crippen LogP contribution < -0.4 is 11.1 Å². The van der Waals surface area contributed by atoms with Crippen LogP contribution in [-0.4, -0.2) is 17.1 Å². The lowest BCUT2D eigenvalue weighted by atomic mass is 10.1. The molecular formula is C13H16FN3O. The topological polar surface area (TPSA) is 70.6 Å². The summed E-state index contributed by atoms with van der Waals surface area (Å²) in [5, 5.41) is 14.5. The number of nitrogens with zero attached hydrogens (tertiary/aromatic N) is 1. The summed E-state index contributed by atoms with van der Waals surface area (Å²) < 4.78 is 13.4. The predicted molar refractivity (Wildman–Crippen MR) is 68.7 cm³/mol. The molecule has 0 aliphatic carbocycles. The Morgan fingerprint density at radius 1 is 1.61 bits per heavy atom. The Labute approximate surface area is 106 Å². The first-order valence-corrected chi connectivity index (χ1v) is 5.57. The third-order valence-electron chi connectivity index (χ3n) is 2.52. The van der Waals surface area contributed by atoms with Crippen LogP contribution in [0.5, 0.6) is 0 Å². The zero-order valence-electron chi connectivity index (χ0n) is 10.2. The first-order valence-electron chi connectivity index (χ1n) is 5.57. The maximum Gasteiger partial charge on any atom is 0.170 e. The fourth-order valence-electron chi connectivity index (χ4n) is 1.52. The minimum absolute atomic E-state index is 0.0550. The van der Waals surface area contributed by atoms with Gasteiger partial charge in [0.05, 0.1) is 6.04 Å². The maximum atomic E-state index is 13.4. The minimum atomic E-state index is -0.440. The quantitative estimate of drug-likeness (QED) is 0.243. The number of benzene rings is 1. The molecule has 0 bridgehead atoms. The van der Waals surface area contributed by atoms with Crippen LogP contribution in [0.15, 0.2) is 23.4 Å². The van der Waals surface area contributed by atoms with Crippen LogP contribution in [0.4, 0.5) is 4.39 Å². The van der Waals surface area contributed by atoms with Crippen molar-refractivity contribution in [2.24, 2.45) is 10.9 Å². The van der Waals surface area contributed by atoms with Gasteiger partial charge in [-0.25, -0.2) is 4.39 Å². The van der Waals surface area contributed by atoms with Crippen LogP contribution in [0.1, 0.15) is 24.5 Å². The van der Waals surface area contributed by atoms with E-state index in [1.165, 1.54) is 12.1 Å². The Hall–Kier alpha value is -2.06. The Balaban J connectivity index is 2.84. The highest BCUT2D eigenvalue weighted by molar-refractivity contribution is 5.97. The molecule has 0 saturated carbocycles. The highest BCUT2D eigenvalue weighted by Crippen LogP contribution is 2.09. The first-order chi connectivity index (χ1) is 8.60. The fourth-order valence-corrected chi connectivity index (χ4v) is 1.52. The molecule has 0 aromatic heterocycles. The number of hydrogen-bond acceptors (Lipinski definition) is 3. The van der Waals surface area contributed by atoms with Gasteiger partial charge in [-0.2, -0.15) is 0 Å². The van der Waals surface area contributed by atoms with Crippen molar-refractivity contribution in [1.82, 2.24) is 5.32 Å². The summed E-state index contributed by atoms with van der Waals surface area (Å²) in [4.78, 5) is 0. The molecule has 1 rings (SSSR count). The van der Waals surface area contributed by atoms with Crippen molar-refractivity contribution in [2.75, 3.05) is 0 Å². The molecule has 4 N–H and O–H groups in total. The highest BCUT2D eigenvalue weighted by Gasteiger charge is 2.06. The van der Waals surface area contributed by atoms with Crippen molar-refractivity contribution in [3.63, 3.8) is 0 Å². The van der Waals surface area contributed by atoms with Gasteiger partial charge < -0.3 is 10.9 Å². The first kappa shape index (κ1) is 14.0. The molecule has 0 aliphatic rings. The van der Waals surface area contributed by atoms with E-state index in [0.717, 1.165) is 6.42 Å². The number of nitrogens with two attached hydrogens (primary N) is 1. The van der Waals surface area contributed by atoms with Crippen molar-refractivity contribution in [3.8, 4) is 12.3 Å². The summed E-state index contributed by atoms with van der Waals surface area (Å²) in [6, 6.07) is 4.18. The fraction of sp³-hybridized carbons (Fsp3) is 0.308. The van der Waals surface area contributed by atoms with Crippen molar-refractivity contribution in [3.05, 3.63) is 35.1 Å². The monoisotopic (exact) mass is 249 g/mol. The van der Waals surface area contributed by atoms with Gasteiger partial charge >= 0.3 is 0 Å². The van der Waals surface area contributed by atoms with Crippen LogP contribution in [-0.2, 0) is 6.54 Å². The molecule has 1 aromatic rings. The molecule has 0 amide bonds.